The van der Waals surface area contributed by atoms with Gasteiger partial charge in [0.25, 0.3) is 5.56 Å². The monoisotopic (exact) mass is 385 g/mol. The summed E-state index contributed by atoms with van der Waals surface area (Å²) in [5.41, 5.74) is -0.460. The minimum absolute atomic E-state index is 0.0378. The minimum Gasteiger partial charge on any atom is -0.394 e. The standard InChI is InChI=1S/C16H24FN5O5/c1-3-13(24)14(9-23)27-10-20-6-11(2)15(25)22(16(20)26)8-12-7-21(5-4-17)19-18-12/h6-7,13-14,23-24H,3-5,8-10H2,1-2H3/t13-,14?/m0/s1. The van der Waals surface area contributed by atoms with Gasteiger partial charge < -0.3 is 14.9 Å². The van der Waals surface area contributed by atoms with E-state index >= 15 is 0 Å². The van der Waals surface area contributed by atoms with Gasteiger partial charge in [0.2, 0.25) is 0 Å². The largest absolute Gasteiger partial charge is 0.394 e. The topological polar surface area (TPSA) is 124 Å². The maximum atomic E-state index is 12.6. The number of aliphatic hydroxyl groups is 2. The summed E-state index contributed by atoms with van der Waals surface area (Å²) in [5, 5.41) is 26.6. The number of nitrogens with zero attached hydrogens (tertiary/aromatic N) is 5. The number of aromatic nitrogens is 5. The first-order valence-corrected chi connectivity index (χ1v) is 8.57. The smallest absolute Gasteiger partial charge is 0.333 e. The quantitative estimate of drug-likeness (QED) is 0.539. The third kappa shape index (κ3) is 5.08. The van der Waals surface area contributed by atoms with Crippen LogP contribution in [0.25, 0.3) is 0 Å². The number of ether oxygens (including phenoxy) is 1. The van der Waals surface area contributed by atoms with Gasteiger partial charge in [-0.15, -0.1) is 5.10 Å². The van der Waals surface area contributed by atoms with E-state index in [9.17, 15) is 24.2 Å². The lowest BCUT2D eigenvalue weighted by Gasteiger charge is -2.21. The highest BCUT2D eigenvalue weighted by Gasteiger charge is 2.18. The van der Waals surface area contributed by atoms with E-state index in [1.54, 1.807) is 13.8 Å². The molecule has 2 aromatic rings. The van der Waals surface area contributed by atoms with Crippen molar-refractivity contribution >= 4 is 0 Å². The Morgan fingerprint density at radius 2 is 2.07 bits per heavy atom. The van der Waals surface area contributed by atoms with Crippen LogP contribution in [0.3, 0.4) is 0 Å². The summed E-state index contributed by atoms with van der Waals surface area (Å²) in [6.45, 7) is 1.97. The lowest BCUT2D eigenvalue weighted by molar-refractivity contribution is -0.0893. The van der Waals surface area contributed by atoms with Gasteiger partial charge in [-0.05, 0) is 13.3 Å². The minimum atomic E-state index is -0.872. The van der Waals surface area contributed by atoms with Crippen molar-refractivity contribution in [2.75, 3.05) is 13.3 Å². The highest BCUT2D eigenvalue weighted by Crippen LogP contribution is 2.04. The molecule has 2 aromatic heterocycles. The zero-order chi connectivity index (χ0) is 20.0. The van der Waals surface area contributed by atoms with Crippen LogP contribution in [0.1, 0.15) is 24.6 Å². The molecule has 0 spiro atoms. The fourth-order valence-electron chi connectivity index (χ4n) is 2.52. The molecule has 0 aromatic carbocycles. The Labute approximate surface area is 154 Å². The number of aliphatic hydroxyl groups excluding tert-OH is 2. The van der Waals surface area contributed by atoms with E-state index in [2.05, 4.69) is 10.3 Å². The molecule has 0 aliphatic heterocycles. The van der Waals surface area contributed by atoms with Crippen molar-refractivity contribution in [3.63, 3.8) is 0 Å². The number of hydrogen-bond acceptors (Lipinski definition) is 7. The fourth-order valence-corrected chi connectivity index (χ4v) is 2.52. The van der Waals surface area contributed by atoms with Gasteiger partial charge in [0.1, 0.15) is 25.2 Å². The molecule has 0 fully saturated rings. The Hall–Kier alpha value is -2.37. The van der Waals surface area contributed by atoms with Gasteiger partial charge in [-0.2, -0.15) is 0 Å². The van der Waals surface area contributed by atoms with Crippen LogP contribution in [-0.4, -0.2) is 59.8 Å². The Kier molecular flexibility index (Phi) is 7.39. The molecule has 2 N–H and O–H groups in total. The van der Waals surface area contributed by atoms with Gasteiger partial charge in [0, 0.05) is 11.8 Å². The molecule has 2 rings (SSSR count). The van der Waals surface area contributed by atoms with Gasteiger partial charge in [-0.1, -0.05) is 12.1 Å². The van der Waals surface area contributed by atoms with Gasteiger partial charge in [-0.3, -0.25) is 13.9 Å². The van der Waals surface area contributed by atoms with Crippen molar-refractivity contribution in [1.82, 2.24) is 24.1 Å². The molecule has 0 saturated heterocycles. The summed E-state index contributed by atoms with van der Waals surface area (Å²) < 4.78 is 21.2. The predicted octanol–water partition coefficient (Wildman–Crippen LogP) is -0.966. The highest BCUT2D eigenvalue weighted by molar-refractivity contribution is 5.05. The van der Waals surface area contributed by atoms with Crippen molar-refractivity contribution in [2.24, 2.45) is 0 Å². The third-order valence-electron chi connectivity index (χ3n) is 4.08. The van der Waals surface area contributed by atoms with Crippen LogP contribution < -0.4 is 11.2 Å². The van der Waals surface area contributed by atoms with E-state index in [4.69, 9.17) is 4.74 Å². The van der Waals surface area contributed by atoms with Gasteiger partial charge >= 0.3 is 5.69 Å². The number of halogens is 1. The van der Waals surface area contributed by atoms with Crippen molar-refractivity contribution in [3.05, 3.63) is 44.5 Å². The Bertz CT molecular complexity index is 862. The second kappa shape index (κ2) is 9.53. The molecule has 2 heterocycles. The molecule has 0 amide bonds. The maximum absolute atomic E-state index is 12.6. The van der Waals surface area contributed by atoms with E-state index < -0.39 is 36.7 Å². The summed E-state index contributed by atoms with van der Waals surface area (Å²) in [6.07, 6.45) is 1.49. The molecule has 2 atom stereocenters. The van der Waals surface area contributed by atoms with Crippen molar-refractivity contribution in [1.29, 1.82) is 0 Å². The zero-order valence-electron chi connectivity index (χ0n) is 15.3. The molecular weight excluding hydrogens is 361 g/mol. The zero-order valence-corrected chi connectivity index (χ0v) is 15.3. The number of aryl methyl sites for hydroxylation is 2. The molecule has 0 radical (unpaired) electrons. The van der Waals surface area contributed by atoms with Crippen LogP contribution >= 0.6 is 0 Å². The Morgan fingerprint density at radius 3 is 2.70 bits per heavy atom. The highest BCUT2D eigenvalue weighted by atomic mass is 19.1. The lowest BCUT2D eigenvalue weighted by Crippen LogP contribution is -2.42. The van der Waals surface area contributed by atoms with E-state index in [0.717, 1.165) is 4.57 Å². The molecule has 0 saturated carbocycles. The summed E-state index contributed by atoms with van der Waals surface area (Å²) in [4.78, 5) is 25.0. The van der Waals surface area contributed by atoms with E-state index in [1.807, 2.05) is 0 Å². The molecule has 10 nitrogen and oxygen atoms in total. The summed E-state index contributed by atoms with van der Waals surface area (Å²) in [7, 11) is 0. The Morgan fingerprint density at radius 1 is 1.33 bits per heavy atom. The fraction of sp³-hybridized carbons (Fsp3) is 0.625. The van der Waals surface area contributed by atoms with Crippen molar-refractivity contribution in [3.8, 4) is 0 Å². The SMILES string of the molecule is CC[C@H](O)C(CO)OCn1cc(C)c(=O)n(Cc2cn(CCF)nn2)c1=O. The number of rotatable bonds is 10. The van der Waals surface area contributed by atoms with Crippen molar-refractivity contribution in [2.45, 2.75) is 52.3 Å². The second-order valence-corrected chi connectivity index (χ2v) is 6.11. The molecule has 0 aliphatic carbocycles. The van der Waals surface area contributed by atoms with Crippen LogP contribution in [0, 0.1) is 6.92 Å². The van der Waals surface area contributed by atoms with E-state index in [1.165, 1.54) is 21.6 Å². The van der Waals surface area contributed by atoms with Gasteiger partial charge in [0.15, 0.2) is 0 Å². The molecule has 27 heavy (non-hydrogen) atoms. The third-order valence-corrected chi connectivity index (χ3v) is 4.08. The molecular formula is C16H24FN5O5. The molecule has 0 aliphatic rings. The van der Waals surface area contributed by atoms with Gasteiger partial charge in [0.05, 0.1) is 32.0 Å². The van der Waals surface area contributed by atoms with Crippen molar-refractivity contribution < 1.29 is 19.3 Å². The average molecular weight is 385 g/mol. The number of alkyl halides is 1. The van der Waals surface area contributed by atoms with Gasteiger partial charge in [-0.25, -0.2) is 13.9 Å². The predicted molar refractivity (Wildman–Crippen MR) is 93.1 cm³/mol. The van der Waals surface area contributed by atoms with Crippen LogP contribution in [-0.2, 0) is 24.6 Å². The number of hydrogen-bond donors (Lipinski definition) is 2. The first kappa shape index (κ1) is 20.9. The molecule has 150 valence electrons. The van der Waals surface area contributed by atoms with Crippen LogP contribution in [0.2, 0.25) is 0 Å². The van der Waals surface area contributed by atoms with E-state index in [0.29, 0.717) is 17.7 Å². The first-order valence-electron chi connectivity index (χ1n) is 8.57. The summed E-state index contributed by atoms with van der Waals surface area (Å²) >= 11 is 0. The lowest BCUT2D eigenvalue weighted by atomic mass is 10.2. The molecule has 0 bridgehead atoms. The normalized spacial score (nSPS) is 13.7. The van der Waals surface area contributed by atoms with Crippen LogP contribution in [0.5, 0.6) is 0 Å². The Balaban J connectivity index is 2.25. The summed E-state index contributed by atoms with van der Waals surface area (Å²) in [6, 6.07) is 0. The maximum Gasteiger partial charge on any atom is 0.333 e. The molecule has 11 heteroatoms. The van der Waals surface area contributed by atoms with E-state index in [-0.39, 0.29) is 19.8 Å². The summed E-state index contributed by atoms with van der Waals surface area (Å²) in [5.74, 6) is 0. The average Bonchev–Trinajstić information content (AvgIpc) is 3.10. The first-order chi connectivity index (χ1) is 12.9. The van der Waals surface area contributed by atoms with Crippen LogP contribution in [0.4, 0.5) is 4.39 Å². The second-order valence-electron chi connectivity index (χ2n) is 6.11. The van der Waals surface area contributed by atoms with Crippen LogP contribution in [0.15, 0.2) is 22.0 Å². The molecule has 1 unspecified atom stereocenters.